The summed E-state index contributed by atoms with van der Waals surface area (Å²) in [6.07, 6.45) is 0.827. The second-order valence-corrected chi connectivity index (χ2v) is 5.08. The molecule has 0 fully saturated rings. The van der Waals surface area contributed by atoms with Gasteiger partial charge in [-0.05, 0) is 24.6 Å². The van der Waals surface area contributed by atoms with E-state index < -0.39 is 0 Å². The summed E-state index contributed by atoms with van der Waals surface area (Å²) in [6.45, 7) is 2.01. The third-order valence-corrected chi connectivity index (χ3v) is 3.66. The van der Waals surface area contributed by atoms with E-state index >= 15 is 0 Å². The van der Waals surface area contributed by atoms with Crippen LogP contribution >= 0.6 is 11.6 Å². The molecule has 0 bridgehead atoms. The lowest BCUT2D eigenvalue weighted by Crippen LogP contribution is -1.95. The van der Waals surface area contributed by atoms with Gasteiger partial charge in [-0.2, -0.15) is 0 Å². The van der Waals surface area contributed by atoms with E-state index in [0.29, 0.717) is 16.3 Å². The molecule has 3 aromatic rings. The molecule has 3 heteroatoms. The zero-order valence-corrected chi connectivity index (χ0v) is 11.7. The largest absolute Gasteiger partial charge is 0.298 e. The van der Waals surface area contributed by atoms with Gasteiger partial charge in [0.25, 0.3) is 0 Å². The molecule has 0 aliphatic rings. The Labute approximate surface area is 122 Å². The molecule has 0 N–H and O–H groups in total. The monoisotopic (exact) mass is 281 g/mol. The maximum atomic E-state index is 11.4. The molecule has 98 valence electrons. The Balaban J connectivity index is 2.37. The number of halogens is 1. The van der Waals surface area contributed by atoms with Crippen LogP contribution in [0.2, 0.25) is 5.02 Å². The molecule has 1 heterocycles. The van der Waals surface area contributed by atoms with Crippen molar-refractivity contribution in [1.29, 1.82) is 0 Å². The van der Waals surface area contributed by atoms with Gasteiger partial charge in [-0.1, -0.05) is 48.0 Å². The molecule has 0 saturated heterocycles. The van der Waals surface area contributed by atoms with Crippen molar-refractivity contribution in [3.05, 3.63) is 64.7 Å². The standard InChI is InChI=1S/C17H12ClNO/c1-11-5-4-6-12-9-13(10-20)17(19-16(11)12)14-7-2-3-8-15(14)18/h2-10H,1H3. The number of hydrogen-bond acceptors (Lipinski definition) is 2. The van der Waals surface area contributed by atoms with Gasteiger partial charge in [-0.25, -0.2) is 4.98 Å². The minimum Gasteiger partial charge on any atom is -0.298 e. The molecule has 0 spiro atoms. The maximum Gasteiger partial charge on any atom is 0.152 e. The lowest BCUT2D eigenvalue weighted by molar-refractivity contribution is 0.112. The number of aldehydes is 1. The molecule has 0 aliphatic carbocycles. The lowest BCUT2D eigenvalue weighted by Gasteiger charge is -2.09. The highest BCUT2D eigenvalue weighted by atomic mass is 35.5. The van der Waals surface area contributed by atoms with Crippen molar-refractivity contribution in [3.8, 4) is 11.3 Å². The number of nitrogens with zero attached hydrogens (tertiary/aromatic N) is 1. The highest BCUT2D eigenvalue weighted by molar-refractivity contribution is 6.33. The fourth-order valence-electron chi connectivity index (χ4n) is 2.32. The van der Waals surface area contributed by atoms with E-state index in [2.05, 4.69) is 4.98 Å². The van der Waals surface area contributed by atoms with E-state index in [4.69, 9.17) is 11.6 Å². The summed E-state index contributed by atoms with van der Waals surface area (Å²) >= 11 is 6.22. The number of benzene rings is 2. The van der Waals surface area contributed by atoms with Gasteiger partial charge < -0.3 is 0 Å². The normalized spacial score (nSPS) is 10.7. The number of aryl methyl sites for hydroxylation is 1. The number of rotatable bonds is 2. The number of fused-ring (bicyclic) bond motifs is 1. The van der Waals surface area contributed by atoms with E-state index in [-0.39, 0.29) is 0 Å². The Bertz CT molecular complexity index is 811. The number of carbonyl (C=O) groups is 1. The summed E-state index contributed by atoms with van der Waals surface area (Å²) in [5.74, 6) is 0. The van der Waals surface area contributed by atoms with Crippen LogP contribution < -0.4 is 0 Å². The summed E-state index contributed by atoms with van der Waals surface area (Å²) in [6, 6.07) is 15.2. The van der Waals surface area contributed by atoms with Gasteiger partial charge in [0.2, 0.25) is 0 Å². The summed E-state index contributed by atoms with van der Waals surface area (Å²) in [5, 5.41) is 1.55. The molecule has 20 heavy (non-hydrogen) atoms. The molecular weight excluding hydrogens is 270 g/mol. The van der Waals surface area contributed by atoms with Crippen molar-refractivity contribution < 1.29 is 4.79 Å². The Morgan fingerprint density at radius 1 is 1.10 bits per heavy atom. The highest BCUT2D eigenvalue weighted by Crippen LogP contribution is 2.30. The van der Waals surface area contributed by atoms with Crippen LogP contribution in [0.4, 0.5) is 0 Å². The van der Waals surface area contributed by atoms with Crippen molar-refractivity contribution in [3.63, 3.8) is 0 Å². The number of pyridine rings is 1. The minimum absolute atomic E-state index is 0.552. The Kier molecular flexibility index (Phi) is 3.25. The van der Waals surface area contributed by atoms with Crippen LogP contribution in [0.5, 0.6) is 0 Å². The number of aromatic nitrogens is 1. The van der Waals surface area contributed by atoms with Gasteiger partial charge in [0, 0.05) is 21.5 Å². The topological polar surface area (TPSA) is 30.0 Å². The van der Waals surface area contributed by atoms with Gasteiger partial charge in [-0.3, -0.25) is 4.79 Å². The zero-order chi connectivity index (χ0) is 14.1. The quantitative estimate of drug-likeness (QED) is 0.639. The fourth-order valence-corrected chi connectivity index (χ4v) is 2.55. The molecule has 0 atom stereocenters. The Morgan fingerprint density at radius 3 is 2.65 bits per heavy atom. The molecule has 0 saturated carbocycles. The molecule has 0 unspecified atom stereocenters. The van der Waals surface area contributed by atoms with Gasteiger partial charge in [0.1, 0.15) is 0 Å². The van der Waals surface area contributed by atoms with Gasteiger partial charge >= 0.3 is 0 Å². The predicted octanol–water partition coefficient (Wildman–Crippen LogP) is 4.68. The van der Waals surface area contributed by atoms with Crippen LogP contribution in [0.3, 0.4) is 0 Å². The second-order valence-electron chi connectivity index (χ2n) is 4.67. The summed E-state index contributed by atoms with van der Waals surface area (Å²) in [5.41, 5.74) is 3.94. The molecule has 3 rings (SSSR count). The molecule has 0 radical (unpaired) electrons. The van der Waals surface area contributed by atoms with Crippen molar-refractivity contribution in [2.45, 2.75) is 6.92 Å². The predicted molar refractivity (Wildman–Crippen MR) is 82.3 cm³/mol. The number of para-hydroxylation sites is 1. The van der Waals surface area contributed by atoms with E-state index in [1.54, 1.807) is 6.07 Å². The minimum atomic E-state index is 0.552. The first-order valence-electron chi connectivity index (χ1n) is 6.31. The third-order valence-electron chi connectivity index (χ3n) is 3.33. The van der Waals surface area contributed by atoms with Crippen LogP contribution in [0.1, 0.15) is 15.9 Å². The van der Waals surface area contributed by atoms with Crippen molar-refractivity contribution >= 4 is 28.8 Å². The maximum absolute atomic E-state index is 11.4. The third kappa shape index (κ3) is 2.08. The van der Waals surface area contributed by atoms with Crippen molar-refractivity contribution in [2.24, 2.45) is 0 Å². The zero-order valence-electron chi connectivity index (χ0n) is 10.9. The van der Waals surface area contributed by atoms with E-state index in [1.807, 2.05) is 49.4 Å². The first kappa shape index (κ1) is 12.8. The van der Waals surface area contributed by atoms with Crippen LogP contribution in [-0.2, 0) is 0 Å². The highest BCUT2D eigenvalue weighted by Gasteiger charge is 2.12. The summed E-state index contributed by atoms with van der Waals surface area (Å²) < 4.78 is 0. The number of hydrogen-bond donors (Lipinski definition) is 0. The Hall–Kier alpha value is -2.19. The van der Waals surface area contributed by atoms with Gasteiger partial charge in [0.15, 0.2) is 6.29 Å². The molecular formula is C17H12ClNO. The van der Waals surface area contributed by atoms with Crippen molar-refractivity contribution in [1.82, 2.24) is 4.98 Å². The first-order valence-corrected chi connectivity index (χ1v) is 6.69. The van der Waals surface area contributed by atoms with Crippen LogP contribution in [-0.4, -0.2) is 11.3 Å². The second kappa shape index (κ2) is 5.06. The van der Waals surface area contributed by atoms with E-state index in [1.165, 1.54) is 0 Å². The first-order chi connectivity index (χ1) is 9.70. The molecule has 2 nitrogen and oxygen atoms in total. The summed E-state index contributed by atoms with van der Waals surface area (Å²) in [4.78, 5) is 16.0. The van der Waals surface area contributed by atoms with Crippen LogP contribution in [0, 0.1) is 6.92 Å². The average Bonchev–Trinajstić information content (AvgIpc) is 2.47. The van der Waals surface area contributed by atoms with E-state index in [9.17, 15) is 4.79 Å². The fraction of sp³-hybridized carbons (Fsp3) is 0.0588. The lowest BCUT2D eigenvalue weighted by atomic mass is 10.0. The number of carbonyl (C=O) groups excluding carboxylic acids is 1. The van der Waals surface area contributed by atoms with Gasteiger partial charge in [-0.15, -0.1) is 0 Å². The van der Waals surface area contributed by atoms with Crippen LogP contribution in [0.15, 0.2) is 48.5 Å². The molecule has 2 aromatic carbocycles. The van der Waals surface area contributed by atoms with Crippen molar-refractivity contribution in [2.75, 3.05) is 0 Å². The smallest absolute Gasteiger partial charge is 0.152 e. The molecule has 1 aromatic heterocycles. The molecule has 0 aliphatic heterocycles. The van der Waals surface area contributed by atoms with Crippen LogP contribution in [0.25, 0.3) is 22.2 Å². The van der Waals surface area contributed by atoms with Gasteiger partial charge in [0.05, 0.1) is 11.2 Å². The SMILES string of the molecule is Cc1cccc2cc(C=O)c(-c3ccccc3Cl)nc12. The Morgan fingerprint density at radius 2 is 1.90 bits per heavy atom. The molecule has 0 amide bonds. The summed E-state index contributed by atoms with van der Waals surface area (Å²) in [7, 11) is 0. The van der Waals surface area contributed by atoms with E-state index in [0.717, 1.165) is 28.3 Å². The average molecular weight is 282 g/mol.